The summed E-state index contributed by atoms with van der Waals surface area (Å²) in [5, 5.41) is 6.07. The van der Waals surface area contributed by atoms with E-state index in [0.29, 0.717) is 22.9 Å². The number of amides is 4. The number of carbonyl (C=O) groups is 3. The lowest BCUT2D eigenvalue weighted by Gasteiger charge is -2.36. The molecule has 0 unspecified atom stereocenters. The van der Waals surface area contributed by atoms with E-state index in [4.69, 9.17) is 16.3 Å². The third-order valence-corrected chi connectivity index (χ3v) is 5.97. The van der Waals surface area contributed by atoms with Gasteiger partial charge in [0.1, 0.15) is 17.8 Å². The number of ether oxygens (including phenoxy) is 1. The van der Waals surface area contributed by atoms with Gasteiger partial charge in [0.05, 0.1) is 12.8 Å². The average Bonchev–Trinajstić information content (AvgIpc) is 2.85. The second kappa shape index (κ2) is 7.38. The maximum absolute atomic E-state index is 12.9. The van der Waals surface area contributed by atoms with Crippen LogP contribution in [-0.2, 0) is 9.59 Å². The summed E-state index contributed by atoms with van der Waals surface area (Å²) in [6.45, 7) is 3.44. The van der Waals surface area contributed by atoms with Crippen molar-refractivity contribution in [2.75, 3.05) is 19.0 Å². The molecule has 2 atom stereocenters. The van der Waals surface area contributed by atoms with E-state index in [1.165, 1.54) is 7.11 Å². The highest BCUT2D eigenvalue weighted by atomic mass is 35.5. The number of benzene rings is 1. The molecule has 27 heavy (non-hydrogen) atoms. The van der Waals surface area contributed by atoms with E-state index >= 15 is 0 Å². The van der Waals surface area contributed by atoms with Gasteiger partial charge >= 0.3 is 6.03 Å². The Morgan fingerprint density at radius 3 is 2.81 bits per heavy atom. The van der Waals surface area contributed by atoms with Crippen molar-refractivity contribution in [3.8, 4) is 5.75 Å². The zero-order chi connectivity index (χ0) is 19.8. The normalized spacial score (nSPS) is 24.9. The molecule has 2 aliphatic rings. The van der Waals surface area contributed by atoms with E-state index in [1.807, 2.05) is 13.8 Å². The monoisotopic (exact) mass is 393 g/mol. The lowest BCUT2D eigenvalue weighted by Crippen LogP contribution is -2.54. The molecule has 7 nitrogen and oxygen atoms in total. The maximum Gasteiger partial charge on any atom is 0.325 e. The molecule has 0 aromatic heterocycles. The summed E-state index contributed by atoms with van der Waals surface area (Å²) < 4.78 is 5.24. The van der Waals surface area contributed by atoms with Crippen LogP contribution in [0.5, 0.6) is 5.75 Å². The van der Waals surface area contributed by atoms with Crippen LogP contribution in [0.4, 0.5) is 10.5 Å². The molecule has 1 aromatic rings. The van der Waals surface area contributed by atoms with Crippen LogP contribution in [0.3, 0.4) is 0 Å². The summed E-state index contributed by atoms with van der Waals surface area (Å²) in [6, 6.07) is 2.79. The smallest absolute Gasteiger partial charge is 0.325 e. The highest BCUT2D eigenvalue weighted by molar-refractivity contribution is 6.31. The molecule has 0 radical (unpaired) electrons. The van der Waals surface area contributed by atoms with Crippen LogP contribution >= 0.6 is 11.6 Å². The van der Waals surface area contributed by atoms with Crippen molar-refractivity contribution in [1.82, 2.24) is 10.2 Å². The highest BCUT2D eigenvalue weighted by Crippen LogP contribution is 2.38. The van der Waals surface area contributed by atoms with Crippen LogP contribution in [0.25, 0.3) is 0 Å². The van der Waals surface area contributed by atoms with E-state index in [0.717, 1.165) is 29.7 Å². The van der Waals surface area contributed by atoms with Crippen LogP contribution in [0, 0.1) is 12.8 Å². The molecule has 1 heterocycles. The van der Waals surface area contributed by atoms with Crippen molar-refractivity contribution in [3.05, 3.63) is 22.7 Å². The van der Waals surface area contributed by atoms with Gasteiger partial charge in [-0.3, -0.25) is 14.5 Å². The van der Waals surface area contributed by atoms with Gasteiger partial charge < -0.3 is 15.4 Å². The molecule has 1 saturated carbocycles. The van der Waals surface area contributed by atoms with E-state index < -0.39 is 17.5 Å². The first kappa shape index (κ1) is 19.5. The summed E-state index contributed by atoms with van der Waals surface area (Å²) in [7, 11) is 1.47. The average molecular weight is 394 g/mol. The highest BCUT2D eigenvalue weighted by Gasteiger charge is 2.55. The zero-order valence-corrected chi connectivity index (χ0v) is 16.5. The molecule has 146 valence electrons. The van der Waals surface area contributed by atoms with Gasteiger partial charge in [-0.05, 0) is 37.3 Å². The number of nitrogens with one attached hydrogen (secondary N) is 2. The van der Waals surface area contributed by atoms with E-state index in [-0.39, 0.29) is 18.4 Å². The molecular weight excluding hydrogens is 370 g/mol. The summed E-state index contributed by atoms with van der Waals surface area (Å²) >= 11 is 6.07. The Morgan fingerprint density at radius 1 is 1.41 bits per heavy atom. The van der Waals surface area contributed by atoms with E-state index in [2.05, 4.69) is 10.6 Å². The Kier molecular flexibility index (Phi) is 5.33. The van der Waals surface area contributed by atoms with Crippen LogP contribution < -0.4 is 15.4 Å². The molecule has 8 heteroatoms. The Morgan fingerprint density at radius 2 is 2.15 bits per heavy atom. The molecule has 1 aliphatic carbocycles. The number of aryl methyl sites for hydroxylation is 1. The lowest BCUT2D eigenvalue weighted by molar-refractivity contribution is -0.136. The molecule has 1 aliphatic heterocycles. The summed E-state index contributed by atoms with van der Waals surface area (Å²) in [6.07, 6.45) is 3.42. The van der Waals surface area contributed by atoms with Gasteiger partial charge in [-0.25, -0.2) is 4.79 Å². The number of nitrogens with zero attached hydrogens (tertiary/aromatic N) is 1. The molecule has 1 saturated heterocycles. The minimum atomic E-state index is -0.871. The maximum atomic E-state index is 12.9. The first-order valence-electron chi connectivity index (χ1n) is 9.06. The number of hydrogen-bond donors (Lipinski definition) is 2. The Bertz CT molecular complexity index is 797. The van der Waals surface area contributed by atoms with Crippen LogP contribution in [0.15, 0.2) is 12.1 Å². The largest absolute Gasteiger partial charge is 0.495 e. The number of halogens is 1. The van der Waals surface area contributed by atoms with Crippen molar-refractivity contribution in [2.45, 2.75) is 45.1 Å². The SMILES string of the molecule is COc1cc(Cl)c(C)cc1NC(=O)CN1C(=O)N[C@]2(CCCC[C@@H]2C)C1=O. The topological polar surface area (TPSA) is 87.7 Å². The van der Waals surface area contributed by atoms with E-state index in [9.17, 15) is 14.4 Å². The first-order chi connectivity index (χ1) is 12.8. The number of carbonyl (C=O) groups excluding carboxylic acids is 3. The van der Waals surface area contributed by atoms with Gasteiger partial charge in [0, 0.05) is 11.1 Å². The van der Waals surface area contributed by atoms with Gasteiger partial charge in [0.15, 0.2) is 0 Å². The Balaban J connectivity index is 1.74. The van der Waals surface area contributed by atoms with Crippen LogP contribution in [0.2, 0.25) is 5.02 Å². The number of methoxy groups -OCH3 is 1. The molecule has 2 fully saturated rings. The molecule has 1 aromatic carbocycles. The third-order valence-electron chi connectivity index (χ3n) is 5.56. The zero-order valence-electron chi connectivity index (χ0n) is 15.7. The van der Waals surface area contributed by atoms with Crippen LogP contribution in [0.1, 0.15) is 38.2 Å². The van der Waals surface area contributed by atoms with Crippen molar-refractivity contribution >= 4 is 35.1 Å². The summed E-state index contributed by atoms with van der Waals surface area (Å²) in [5.74, 6) is -0.323. The summed E-state index contributed by atoms with van der Waals surface area (Å²) in [4.78, 5) is 38.8. The number of anilines is 1. The Labute approximate surface area is 163 Å². The van der Waals surface area contributed by atoms with Gasteiger partial charge in [-0.2, -0.15) is 0 Å². The number of imide groups is 1. The Hall–Kier alpha value is -2.28. The van der Waals surface area contributed by atoms with Gasteiger partial charge in [0.25, 0.3) is 5.91 Å². The molecular formula is C19H24ClN3O4. The number of rotatable bonds is 4. The van der Waals surface area contributed by atoms with Gasteiger partial charge in [-0.15, -0.1) is 0 Å². The van der Waals surface area contributed by atoms with Crippen molar-refractivity contribution in [1.29, 1.82) is 0 Å². The molecule has 4 amide bonds. The molecule has 1 spiro atoms. The second-order valence-corrected chi connectivity index (χ2v) is 7.70. The minimum Gasteiger partial charge on any atom is -0.495 e. The van der Waals surface area contributed by atoms with Crippen molar-refractivity contribution in [3.63, 3.8) is 0 Å². The fraction of sp³-hybridized carbons (Fsp3) is 0.526. The fourth-order valence-corrected chi connectivity index (χ4v) is 4.06. The van der Waals surface area contributed by atoms with Crippen LogP contribution in [-0.4, -0.2) is 41.9 Å². The first-order valence-corrected chi connectivity index (χ1v) is 9.44. The molecule has 2 N–H and O–H groups in total. The fourth-order valence-electron chi connectivity index (χ4n) is 3.90. The van der Waals surface area contributed by atoms with Crippen molar-refractivity contribution in [2.24, 2.45) is 5.92 Å². The van der Waals surface area contributed by atoms with Gasteiger partial charge in [0.2, 0.25) is 5.91 Å². The summed E-state index contributed by atoms with van der Waals surface area (Å²) in [5.41, 5.74) is 0.347. The standard InChI is InChI=1S/C19H24ClN3O4/c1-11-8-14(15(27-3)9-13(11)20)21-16(24)10-23-17(25)19(22-18(23)26)7-5-4-6-12(19)2/h8-9,12H,4-7,10H2,1-3H3,(H,21,24)(H,22,26)/t12-,19-/m0/s1. The predicted octanol–water partition coefficient (Wildman–Crippen LogP) is 3.10. The minimum absolute atomic E-state index is 0.0507. The van der Waals surface area contributed by atoms with Crippen molar-refractivity contribution < 1.29 is 19.1 Å². The molecule has 3 rings (SSSR count). The third kappa shape index (κ3) is 3.48. The second-order valence-electron chi connectivity index (χ2n) is 7.29. The predicted molar refractivity (Wildman–Crippen MR) is 102 cm³/mol. The van der Waals surface area contributed by atoms with E-state index in [1.54, 1.807) is 12.1 Å². The quantitative estimate of drug-likeness (QED) is 0.769. The number of hydrogen-bond acceptors (Lipinski definition) is 4. The van der Waals surface area contributed by atoms with Gasteiger partial charge in [-0.1, -0.05) is 31.4 Å². The lowest BCUT2D eigenvalue weighted by atomic mass is 9.73. The number of urea groups is 1. The molecule has 0 bridgehead atoms.